The van der Waals surface area contributed by atoms with Crippen LogP contribution in [0.15, 0.2) is 46.3 Å². The van der Waals surface area contributed by atoms with Crippen molar-refractivity contribution in [2.45, 2.75) is 19.8 Å². The van der Waals surface area contributed by atoms with E-state index in [-0.39, 0.29) is 5.91 Å². The predicted octanol–water partition coefficient (Wildman–Crippen LogP) is 5.79. The first kappa shape index (κ1) is 19.4. The zero-order valence-corrected chi connectivity index (χ0v) is 17.7. The normalized spacial score (nSPS) is 19.7. The molecule has 4 rings (SSSR count). The molecule has 1 N–H and O–H groups in total. The van der Waals surface area contributed by atoms with E-state index in [2.05, 4.69) is 40.3 Å². The van der Waals surface area contributed by atoms with Gasteiger partial charge < -0.3 is 10.2 Å². The molecule has 2 aliphatic heterocycles. The van der Waals surface area contributed by atoms with Crippen LogP contribution in [0.2, 0.25) is 10.0 Å². The van der Waals surface area contributed by atoms with Crippen molar-refractivity contribution < 1.29 is 4.79 Å². The van der Waals surface area contributed by atoms with Crippen molar-refractivity contribution in [2.24, 2.45) is 4.99 Å². The number of carbonyl (C=O) groups excluding carboxylic acids is 1. The van der Waals surface area contributed by atoms with E-state index >= 15 is 0 Å². The van der Waals surface area contributed by atoms with E-state index < -0.39 is 0 Å². The second kappa shape index (κ2) is 8.19. The minimum atomic E-state index is -0.162. The van der Waals surface area contributed by atoms with Gasteiger partial charge in [0, 0.05) is 18.8 Å². The molecule has 4 nitrogen and oxygen atoms in total. The first-order chi connectivity index (χ1) is 13.5. The number of aryl methyl sites for hydroxylation is 1. The Morgan fingerprint density at radius 1 is 1.18 bits per heavy atom. The molecular weight excluding hydrogens is 413 g/mol. The molecule has 7 heteroatoms. The Morgan fingerprint density at radius 3 is 2.71 bits per heavy atom. The summed E-state index contributed by atoms with van der Waals surface area (Å²) in [6.07, 6.45) is 4.41. The van der Waals surface area contributed by atoms with Gasteiger partial charge in [-0.05, 0) is 73.0 Å². The topological polar surface area (TPSA) is 44.7 Å². The lowest BCUT2D eigenvalue weighted by Gasteiger charge is -2.18. The zero-order chi connectivity index (χ0) is 19.7. The molecule has 2 saturated heterocycles. The number of nitrogens with one attached hydrogen (secondary N) is 1. The molecule has 0 unspecified atom stereocenters. The highest BCUT2D eigenvalue weighted by Crippen LogP contribution is 2.35. The van der Waals surface area contributed by atoms with Gasteiger partial charge >= 0.3 is 0 Å². The van der Waals surface area contributed by atoms with Crippen LogP contribution in [0.5, 0.6) is 0 Å². The number of hydrogen-bond donors (Lipinski definition) is 1. The van der Waals surface area contributed by atoms with Crippen molar-refractivity contribution in [3.63, 3.8) is 0 Å². The molecule has 1 amide bonds. The Kier molecular flexibility index (Phi) is 5.67. The van der Waals surface area contributed by atoms with Crippen LogP contribution in [0, 0.1) is 6.92 Å². The van der Waals surface area contributed by atoms with Crippen molar-refractivity contribution in [1.29, 1.82) is 0 Å². The molecule has 0 bridgehead atoms. The van der Waals surface area contributed by atoms with Crippen molar-refractivity contribution in [2.75, 3.05) is 18.0 Å². The number of amidine groups is 1. The summed E-state index contributed by atoms with van der Waals surface area (Å²) in [5, 5.41) is 4.09. The van der Waals surface area contributed by atoms with Gasteiger partial charge in [0.1, 0.15) is 0 Å². The van der Waals surface area contributed by atoms with Gasteiger partial charge in [-0.2, -0.15) is 0 Å². The summed E-state index contributed by atoms with van der Waals surface area (Å²) < 4.78 is 0. The van der Waals surface area contributed by atoms with E-state index in [0.717, 1.165) is 24.2 Å². The Bertz CT molecular complexity index is 997. The van der Waals surface area contributed by atoms with Gasteiger partial charge in [-0.1, -0.05) is 35.3 Å². The summed E-state index contributed by atoms with van der Waals surface area (Å²) in [4.78, 5) is 19.8. The van der Waals surface area contributed by atoms with E-state index in [1.807, 2.05) is 6.08 Å². The number of carbonyl (C=O) groups is 1. The summed E-state index contributed by atoms with van der Waals surface area (Å²) >= 11 is 13.5. The van der Waals surface area contributed by atoms with Gasteiger partial charge in [0.25, 0.3) is 5.91 Å². The number of thioether (sulfide) groups is 1. The minimum Gasteiger partial charge on any atom is -0.372 e. The number of benzene rings is 2. The highest BCUT2D eigenvalue weighted by molar-refractivity contribution is 8.18. The second-order valence-electron chi connectivity index (χ2n) is 6.79. The fourth-order valence-corrected chi connectivity index (χ4v) is 4.47. The van der Waals surface area contributed by atoms with Crippen molar-refractivity contribution in [1.82, 2.24) is 5.32 Å². The molecule has 2 heterocycles. The number of halogens is 2. The average molecular weight is 432 g/mol. The lowest BCUT2D eigenvalue weighted by Crippen LogP contribution is -2.19. The third-order valence-corrected chi connectivity index (χ3v) is 6.53. The third kappa shape index (κ3) is 4.07. The molecule has 2 aromatic rings. The quantitative estimate of drug-likeness (QED) is 0.624. The second-order valence-corrected chi connectivity index (χ2v) is 8.61. The van der Waals surface area contributed by atoms with E-state index in [1.54, 1.807) is 18.2 Å². The Balaban J connectivity index is 1.56. The van der Waals surface area contributed by atoms with Crippen molar-refractivity contribution in [3.8, 4) is 0 Å². The number of amides is 1. The third-order valence-electron chi connectivity index (χ3n) is 4.82. The molecule has 28 heavy (non-hydrogen) atoms. The van der Waals surface area contributed by atoms with Crippen molar-refractivity contribution in [3.05, 3.63) is 62.5 Å². The maximum Gasteiger partial charge on any atom is 0.264 e. The number of anilines is 1. The monoisotopic (exact) mass is 431 g/mol. The van der Waals surface area contributed by atoms with Crippen LogP contribution in [0.4, 0.5) is 11.4 Å². The summed E-state index contributed by atoms with van der Waals surface area (Å²) in [7, 11) is 0. The lowest BCUT2D eigenvalue weighted by atomic mass is 10.1. The van der Waals surface area contributed by atoms with Crippen LogP contribution >= 0.6 is 35.0 Å². The molecule has 0 aromatic heterocycles. The summed E-state index contributed by atoms with van der Waals surface area (Å²) in [6, 6.07) is 11.6. The zero-order valence-electron chi connectivity index (χ0n) is 15.3. The fraction of sp³-hybridized carbons (Fsp3) is 0.238. The van der Waals surface area contributed by atoms with E-state index in [1.165, 1.54) is 30.3 Å². The molecule has 0 saturated carbocycles. The molecule has 0 radical (unpaired) electrons. The van der Waals surface area contributed by atoms with Crippen LogP contribution < -0.4 is 10.2 Å². The maximum absolute atomic E-state index is 12.4. The average Bonchev–Trinajstić information content (AvgIpc) is 3.31. The summed E-state index contributed by atoms with van der Waals surface area (Å²) in [6.45, 7) is 4.30. The number of hydrogen-bond acceptors (Lipinski definition) is 4. The van der Waals surface area contributed by atoms with Crippen LogP contribution in [0.1, 0.15) is 24.0 Å². The molecule has 0 atom stereocenters. The first-order valence-corrected chi connectivity index (χ1v) is 10.7. The van der Waals surface area contributed by atoms with Gasteiger partial charge in [0.15, 0.2) is 5.17 Å². The standard InChI is InChI=1S/C21H19Cl2N3OS/c1-13-11-15(26-9-2-3-10-26)8-7-14(13)12-18-20(27)25-21(28-18)24-17-6-4-5-16(22)19(17)23/h4-8,11-12H,2-3,9-10H2,1H3,(H,24,25,27)/b18-12-. The van der Waals surface area contributed by atoms with Gasteiger partial charge in [-0.3, -0.25) is 4.79 Å². The van der Waals surface area contributed by atoms with E-state index in [4.69, 9.17) is 23.2 Å². The maximum atomic E-state index is 12.4. The van der Waals surface area contributed by atoms with E-state index in [0.29, 0.717) is 25.8 Å². The van der Waals surface area contributed by atoms with Crippen LogP contribution in [0.25, 0.3) is 6.08 Å². The number of rotatable bonds is 3. The highest BCUT2D eigenvalue weighted by atomic mass is 35.5. The minimum absolute atomic E-state index is 0.162. The largest absolute Gasteiger partial charge is 0.372 e. The van der Waals surface area contributed by atoms with Gasteiger partial charge in [0.05, 0.1) is 20.6 Å². The predicted molar refractivity (Wildman–Crippen MR) is 120 cm³/mol. The lowest BCUT2D eigenvalue weighted by molar-refractivity contribution is -0.115. The molecule has 144 valence electrons. The van der Waals surface area contributed by atoms with Crippen LogP contribution in [-0.2, 0) is 4.79 Å². The Morgan fingerprint density at radius 2 is 1.96 bits per heavy atom. The molecule has 2 aliphatic rings. The van der Waals surface area contributed by atoms with Crippen molar-refractivity contribution >= 4 is 63.5 Å². The number of nitrogens with zero attached hydrogens (tertiary/aromatic N) is 2. The Hall–Kier alpha value is -1.95. The fourth-order valence-electron chi connectivity index (χ4n) is 3.30. The van der Waals surface area contributed by atoms with E-state index in [9.17, 15) is 4.79 Å². The summed E-state index contributed by atoms with van der Waals surface area (Å²) in [5.74, 6) is -0.162. The van der Waals surface area contributed by atoms with Gasteiger partial charge in [0.2, 0.25) is 0 Å². The molecular formula is C21H19Cl2N3OS. The first-order valence-electron chi connectivity index (χ1n) is 9.10. The highest BCUT2D eigenvalue weighted by Gasteiger charge is 2.24. The molecule has 0 aliphatic carbocycles. The van der Waals surface area contributed by atoms with Gasteiger partial charge in [-0.25, -0.2) is 4.99 Å². The summed E-state index contributed by atoms with van der Waals surface area (Å²) in [5.41, 5.74) is 3.96. The molecule has 2 aromatic carbocycles. The SMILES string of the molecule is Cc1cc(N2CCCC2)ccc1/C=C1\SC(=Nc2cccc(Cl)c2Cl)NC1=O. The smallest absolute Gasteiger partial charge is 0.264 e. The molecule has 0 spiro atoms. The molecule has 2 fully saturated rings. The number of aliphatic imine (C=N–C) groups is 1. The Labute approximate surface area is 178 Å². The van der Waals surface area contributed by atoms with Gasteiger partial charge in [-0.15, -0.1) is 0 Å². The van der Waals surface area contributed by atoms with Crippen LogP contribution in [0.3, 0.4) is 0 Å². The van der Waals surface area contributed by atoms with Crippen LogP contribution in [-0.4, -0.2) is 24.2 Å².